The molecule has 39 heavy (non-hydrogen) atoms. The number of benzene rings is 1. The predicted octanol–water partition coefficient (Wildman–Crippen LogP) is 3.43. The SMILES string of the molecule is COCCCc1ccc(Nc2ccnc(-c3ccc(O[C@H]4CCN(C(=O)[C@H](C)O)C[C@H]4F)c(C#N)c3)n2)cn1. The summed E-state index contributed by atoms with van der Waals surface area (Å²) in [5.74, 6) is 0.698. The zero-order chi connectivity index (χ0) is 27.8. The third kappa shape index (κ3) is 7.25. The summed E-state index contributed by atoms with van der Waals surface area (Å²) in [5, 5.41) is 22.4. The Bertz CT molecular complexity index is 1310. The van der Waals surface area contributed by atoms with Crippen molar-refractivity contribution >= 4 is 17.4 Å². The van der Waals surface area contributed by atoms with Gasteiger partial charge in [-0.2, -0.15) is 5.26 Å². The van der Waals surface area contributed by atoms with Crippen LogP contribution in [0.5, 0.6) is 5.75 Å². The summed E-state index contributed by atoms with van der Waals surface area (Å²) in [7, 11) is 1.68. The predicted molar refractivity (Wildman–Crippen MR) is 142 cm³/mol. The first-order chi connectivity index (χ1) is 18.9. The molecular formula is C28H31FN6O4. The summed E-state index contributed by atoms with van der Waals surface area (Å²) in [4.78, 5) is 26.6. The Morgan fingerprint density at radius 1 is 1.31 bits per heavy atom. The minimum absolute atomic E-state index is 0.173. The van der Waals surface area contributed by atoms with Gasteiger partial charge in [-0.05, 0) is 56.2 Å². The minimum atomic E-state index is -1.45. The number of aryl methyl sites for hydroxylation is 1. The number of aliphatic hydroxyl groups excluding tert-OH is 1. The highest BCUT2D eigenvalue weighted by Gasteiger charge is 2.34. The van der Waals surface area contributed by atoms with Crippen molar-refractivity contribution in [2.75, 3.05) is 32.1 Å². The summed E-state index contributed by atoms with van der Waals surface area (Å²) in [6.45, 7) is 2.13. The number of carbonyl (C=O) groups is 1. The van der Waals surface area contributed by atoms with E-state index in [1.165, 1.54) is 11.8 Å². The third-order valence-corrected chi connectivity index (χ3v) is 6.32. The fourth-order valence-electron chi connectivity index (χ4n) is 4.26. The van der Waals surface area contributed by atoms with Crippen LogP contribution < -0.4 is 10.1 Å². The molecule has 11 heteroatoms. The fraction of sp³-hybridized carbons (Fsp3) is 0.393. The number of anilines is 2. The number of alkyl halides is 1. The standard InChI is InChI=1S/C28H31FN6O4/c1-18(36)28(37)35-12-10-25(23(29)17-35)39-24-8-5-19(14-20(24)15-30)27-31-11-9-26(34-27)33-22-7-6-21(32-16-22)4-3-13-38-2/h5-9,11,14,16,18,23,25,36H,3-4,10,12-13,17H2,1-2H3,(H,31,33,34)/t18-,23+,25-/m0/s1. The maximum Gasteiger partial charge on any atom is 0.251 e. The molecule has 2 aromatic heterocycles. The van der Waals surface area contributed by atoms with Crippen molar-refractivity contribution in [3.05, 3.63) is 60.0 Å². The van der Waals surface area contributed by atoms with Crippen LogP contribution in [0.25, 0.3) is 11.4 Å². The molecule has 0 saturated carbocycles. The average molecular weight is 535 g/mol. The molecule has 0 spiro atoms. The minimum Gasteiger partial charge on any atom is -0.486 e. The van der Waals surface area contributed by atoms with Gasteiger partial charge in [0.2, 0.25) is 0 Å². The third-order valence-electron chi connectivity index (χ3n) is 6.32. The van der Waals surface area contributed by atoms with E-state index in [1.807, 2.05) is 12.1 Å². The van der Waals surface area contributed by atoms with Crippen molar-refractivity contribution < 1.29 is 23.8 Å². The number of hydrogen-bond donors (Lipinski definition) is 2. The zero-order valence-corrected chi connectivity index (χ0v) is 21.9. The number of methoxy groups -OCH3 is 1. The molecular weight excluding hydrogens is 503 g/mol. The van der Waals surface area contributed by atoms with Crippen LogP contribution in [-0.2, 0) is 16.0 Å². The second kappa shape index (κ2) is 13.1. The van der Waals surface area contributed by atoms with Crippen molar-refractivity contribution in [3.63, 3.8) is 0 Å². The topological polar surface area (TPSA) is 133 Å². The Morgan fingerprint density at radius 3 is 2.85 bits per heavy atom. The van der Waals surface area contributed by atoms with Crippen LogP contribution in [0.1, 0.15) is 31.0 Å². The number of aliphatic hydroxyl groups is 1. The van der Waals surface area contributed by atoms with Gasteiger partial charge < -0.3 is 24.8 Å². The normalized spacial score (nSPS) is 17.8. The number of nitrogens with one attached hydrogen (secondary N) is 1. The number of aromatic nitrogens is 3. The lowest BCUT2D eigenvalue weighted by molar-refractivity contribution is -0.143. The molecule has 2 N–H and O–H groups in total. The number of carbonyl (C=O) groups excluding carboxylic acids is 1. The molecule has 4 rings (SSSR count). The Balaban J connectivity index is 1.42. The molecule has 204 valence electrons. The Labute approximate surface area is 226 Å². The zero-order valence-electron chi connectivity index (χ0n) is 21.9. The lowest BCUT2D eigenvalue weighted by Crippen LogP contribution is -2.51. The van der Waals surface area contributed by atoms with Gasteiger partial charge in [0.05, 0.1) is 24.0 Å². The number of piperidine rings is 1. The second-order valence-electron chi connectivity index (χ2n) is 9.27. The van der Waals surface area contributed by atoms with Gasteiger partial charge in [-0.25, -0.2) is 14.4 Å². The van der Waals surface area contributed by atoms with E-state index >= 15 is 0 Å². The molecule has 3 heterocycles. The lowest BCUT2D eigenvalue weighted by atomic mass is 10.0. The van der Waals surface area contributed by atoms with Gasteiger partial charge in [0.25, 0.3) is 5.91 Å². The van der Waals surface area contributed by atoms with Crippen LogP contribution in [0.15, 0.2) is 48.8 Å². The molecule has 1 aromatic carbocycles. The molecule has 0 unspecified atom stereocenters. The Kier molecular flexibility index (Phi) is 9.35. The van der Waals surface area contributed by atoms with Crippen molar-refractivity contribution in [2.45, 2.75) is 44.6 Å². The summed E-state index contributed by atoms with van der Waals surface area (Å²) in [6, 6.07) is 12.6. The molecule has 1 aliphatic heterocycles. The van der Waals surface area contributed by atoms with Gasteiger partial charge in [0, 0.05) is 44.1 Å². The van der Waals surface area contributed by atoms with Gasteiger partial charge in [0.15, 0.2) is 12.0 Å². The quantitative estimate of drug-likeness (QED) is 0.375. The van der Waals surface area contributed by atoms with E-state index in [2.05, 4.69) is 26.3 Å². The summed E-state index contributed by atoms with van der Waals surface area (Å²) in [6.07, 6.45) is 1.89. The van der Waals surface area contributed by atoms with Gasteiger partial charge >= 0.3 is 0 Å². The molecule has 1 fully saturated rings. The van der Waals surface area contributed by atoms with Crippen LogP contribution in [0.4, 0.5) is 15.9 Å². The number of rotatable bonds is 10. The summed E-state index contributed by atoms with van der Waals surface area (Å²) >= 11 is 0. The Hall–Kier alpha value is -4.14. The van der Waals surface area contributed by atoms with E-state index in [0.717, 1.165) is 24.2 Å². The number of pyridine rings is 1. The lowest BCUT2D eigenvalue weighted by Gasteiger charge is -2.35. The fourth-order valence-corrected chi connectivity index (χ4v) is 4.26. The number of nitrogens with zero attached hydrogens (tertiary/aromatic N) is 5. The van der Waals surface area contributed by atoms with Crippen LogP contribution in [0.2, 0.25) is 0 Å². The van der Waals surface area contributed by atoms with Gasteiger partial charge in [-0.1, -0.05) is 0 Å². The molecule has 3 aromatic rings. The van der Waals surface area contributed by atoms with E-state index in [9.17, 15) is 19.6 Å². The first-order valence-electron chi connectivity index (χ1n) is 12.7. The number of halogens is 1. The Morgan fingerprint density at radius 2 is 2.15 bits per heavy atom. The van der Waals surface area contributed by atoms with E-state index in [1.54, 1.807) is 43.8 Å². The maximum absolute atomic E-state index is 14.8. The molecule has 0 bridgehead atoms. The summed E-state index contributed by atoms with van der Waals surface area (Å²) < 4.78 is 25.7. The molecule has 1 saturated heterocycles. The second-order valence-corrected chi connectivity index (χ2v) is 9.27. The van der Waals surface area contributed by atoms with E-state index in [-0.39, 0.29) is 30.8 Å². The van der Waals surface area contributed by atoms with Crippen molar-refractivity contribution in [3.8, 4) is 23.2 Å². The molecule has 1 amide bonds. The van der Waals surface area contributed by atoms with Crippen molar-refractivity contribution in [1.29, 1.82) is 5.26 Å². The monoisotopic (exact) mass is 534 g/mol. The van der Waals surface area contributed by atoms with Gasteiger partial charge in [0.1, 0.15) is 29.8 Å². The van der Waals surface area contributed by atoms with E-state index in [4.69, 9.17) is 9.47 Å². The smallest absolute Gasteiger partial charge is 0.251 e. The number of amides is 1. The number of likely N-dealkylation sites (tertiary alicyclic amines) is 1. The van der Waals surface area contributed by atoms with Gasteiger partial charge in [-0.15, -0.1) is 0 Å². The average Bonchev–Trinajstić information content (AvgIpc) is 2.95. The van der Waals surface area contributed by atoms with Crippen LogP contribution >= 0.6 is 0 Å². The first-order valence-corrected chi connectivity index (χ1v) is 12.7. The summed E-state index contributed by atoms with van der Waals surface area (Å²) in [5.41, 5.74) is 2.57. The maximum atomic E-state index is 14.8. The number of hydrogen-bond acceptors (Lipinski definition) is 9. The largest absolute Gasteiger partial charge is 0.486 e. The van der Waals surface area contributed by atoms with Crippen LogP contribution in [-0.4, -0.2) is 76.1 Å². The van der Waals surface area contributed by atoms with E-state index < -0.39 is 24.3 Å². The van der Waals surface area contributed by atoms with Crippen molar-refractivity contribution in [1.82, 2.24) is 19.9 Å². The van der Waals surface area contributed by atoms with Crippen LogP contribution in [0.3, 0.4) is 0 Å². The van der Waals surface area contributed by atoms with Crippen LogP contribution in [0, 0.1) is 11.3 Å². The first kappa shape index (κ1) is 27.9. The highest BCUT2D eigenvalue weighted by atomic mass is 19.1. The highest BCUT2D eigenvalue weighted by Crippen LogP contribution is 2.29. The number of nitriles is 1. The highest BCUT2D eigenvalue weighted by molar-refractivity contribution is 5.80. The number of ether oxygens (including phenoxy) is 2. The van der Waals surface area contributed by atoms with Crippen molar-refractivity contribution in [2.24, 2.45) is 0 Å². The molecule has 10 nitrogen and oxygen atoms in total. The van der Waals surface area contributed by atoms with Gasteiger partial charge in [-0.3, -0.25) is 9.78 Å². The molecule has 0 radical (unpaired) electrons. The molecule has 0 aliphatic carbocycles. The molecule has 3 atom stereocenters. The van der Waals surface area contributed by atoms with E-state index in [0.29, 0.717) is 23.8 Å². The molecule has 1 aliphatic rings.